The van der Waals surface area contributed by atoms with Gasteiger partial charge in [-0.3, -0.25) is 0 Å². The molecule has 0 saturated carbocycles. The first kappa shape index (κ1) is 33.1. The first-order chi connectivity index (χ1) is 16.5. The molecule has 0 aromatic heterocycles. The van der Waals surface area contributed by atoms with Crippen LogP contribution in [0.4, 0.5) is 4.79 Å². The molecule has 0 aliphatic carbocycles. The van der Waals surface area contributed by atoms with Crippen molar-refractivity contribution in [3.05, 3.63) is 48.5 Å². The fourth-order valence-corrected chi connectivity index (χ4v) is 7.63. The summed E-state index contributed by atoms with van der Waals surface area (Å²) in [4.78, 5) is 14.7. The SMILES string of the molecule is O=C1OCCS1.SCCSCCSc1cccc(SCCSCCS)c1.Sc1cccc(S)c1. The summed E-state index contributed by atoms with van der Waals surface area (Å²) >= 11 is 25.8. The van der Waals surface area contributed by atoms with E-state index in [0.29, 0.717) is 6.61 Å². The van der Waals surface area contributed by atoms with Gasteiger partial charge in [0.25, 0.3) is 0 Å². The lowest BCUT2D eigenvalue weighted by atomic mass is 10.4. The zero-order valence-electron chi connectivity index (χ0n) is 18.8. The van der Waals surface area contributed by atoms with Crippen molar-refractivity contribution < 1.29 is 9.53 Å². The third-order valence-corrected chi connectivity index (χ3v) is 10.4. The molecule has 0 N–H and O–H groups in total. The predicted octanol–water partition coefficient (Wildman–Crippen LogP) is 8.33. The van der Waals surface area contributed by atoms with E-state index in [9.17, 15) is 4.79 Å². The van der Waals surface area contributed by atoms with Gasteiger partial charge < -0.3 is 4.74 Å². The summed E-state index contributed by atoms with van der Waals surface area (Å²) in [5, 5.41) is -0.130. The van der Waals surface area contributed by atoms with E-state index in [1.807, 2.05) is 71.3 Å². The third-order valence-electron chi connectivity index (χ3n) is 3.62. The van der Waals surface area contributed by atoms with E-state index in [1.165, 1.54) is 44.6 Å². The van der Waals surface area contributed by atoms with Gasteiger partial charge in [-0.2, -0.15) is 48.8 Å². The number of hydrogen-bond acceptors (Lipinski definition) is 11. The van der Waals surface area contributed by atoms with Crippen LogP contribution in [0.3, 0.4) is 0 Å². The van der Waals surface area contributed by atoms with Crippen LogP contribution >= 0.6 is 109 Å². The second-order valence-electron chi connectivity index (χ2n) is 6.31. The van der Waals surface area contributed by atoms with E-state index in [4.69, 9.17) is 0 Å². The Morgan fingerprint density at radius 3 is 1.65 bits per heavy atom. The Morgan fingerprint density at radius 1 is 0.765 bits per heavy atom. The average Bonchev–Trinajstić information content (AvgIpc) is 3.31. The van der Waals surface area contributed by atoms with Crippen molar-refractivity contribution in [2.75, 3.05) is 58.4 Å². The summed E-state index contributed by atoms with van der Waals surface area (Å²) < 4.78 is 4.48. The maximum absolute atomic E-state index is 9.98. The predicted molar refractivity (Wildman–Crippen MR) is 175 cm³/mol. The van der Waals surface area contributed by atoms with E-state index in [2.05, 4.69) is 79.5 Å². The van der Waals surface area contributed by atoms with Gasteiger partial charge in [0.2, 0.25) is 0 Å². The Hall–Kier alpha value is 1.06. The van der Waals surface area contributed by atoms with E-state index in [1.54, 1.807) is 0 Å². The summed E-state index contributed by atoms with van der Waals surface area (Å²) in [6, 6.07) is 16.6. The molecule has 0 amide bonds. The van der Waals surface area contributed by atoms with Crippen LogP contribution in [-0.2, 0) is 4.74 Å². The summed E-state index contributed by atoms with van der Waals surface area (Å²) in [6.45, 7) is 0.601. The van der Waals surface area contributed by atoms with Crippen molar-refractivity contribution >= 4 is 115 Å². The van der Waals surface area contributed by atoms with Gasteiger partial charge in [0, 0.05) is 59.9 Å². The Morgan fingerprint density at radius 2 is 1.29 bits per heavy atom. The minimum absolute atomic E-state index is 0.130. The maximum Gasteiger partial charge on any atom is 0.367 e. The van der Waals surface area contributed by atoms with Gasteiger partial charge in [0.1, 0.15) is 6.61 Å². The van der Waals surface area contributed by atoms with Gasteiger partial charge in [-0.1, -0.05) is 12.1 Å². The molecule has 1 fully saturated rings. The first-order valence-corrected chi connectivity index (χ1v) is 18.0. The molecule has 0 bridgehead atoms. The van der Waals surface area contributed by atoms with Gasteiger partial charge in [-0.25, -0.2) is 4.79 Å². The number of benzene rings is 2. The lowest BCUT2D eigenvalue weighted by molar-refractivity contribution is 0.188. The molecular formula is C23H32O2S9. The minimum atomic E-state index is -0.130. The molecule has 1 heterocycles. The van der Waals surface area contributed by atoms with Crippen LogP contribution < -0.4 is 0 Å². The molecule has 2 nitrogen and oxygen atoms in total. The van der Waals surface area contributed by atoms with E-state index in [-0.39, 0.29) is 5.30 Å². The van der Waals surface area contributed by atoms with Gasteiger partial charge in [-0.15, -0.1) is 48.8 Å². The van der Waals surface area contributed by atoms with E-state index < -0.39 is 0 Å². The van der Waals surface area contributed by atoms with E-state index in [0.717, 1.165) is 38.6 Å². The van der Waals surface area contributed by atoms with Gasteiger partial charge in [0.15, 0.2) is 0 Å². The van der Waals surface area contributed by atoms with Crippen LogP contribution in [0.2, 0.25) is 0 Å². The van der Waals surface area contributed by atoms with Crippen molar-refractivity contribution in [2.45, 2.75) is 19.6 Å². The van der Waals surface area contributed by atoms with Crippen LogP contribution in [0.1, 0.15) is 0 Å². The molecule has 0 unspecified atom stereocenters. The van der Waals surface area contributed by atoms with Crippen LogP contribution in [0.25, 0.3) is 0 Å². The van der Waals surface area contributed by atoms with Crippen LogP contribution in [0, 0.1) is 0 Å². The number of rotatable bonds is 12. The fraction of sp³-hybridized carbons (Fsp3) is 0.435. The highest BCUT2D eigenvalue weighted by molar-refractivity contribution is 8.13. The highest BCUT2D eigenvalue weighted by Gasteiger charge is 2.09. The number of thiol groups is 4. The van der Waals surface area contributed by atoms with Crippen LogP contribution in [0.15, 0.2) is 68.1 Å². The van der Waals surface area contributed by atoms with Crippen molar-refractivity contribution in [1.82, 2.24) is 0 Å². The Kier molecular flexibility index (Phi) is 22.6. The second-order valence-corrected chi connectivity index (χ2v) is 14.1. The Balaban J connectivity index is 0.000000332. The lowest BCUT2D eigenvalue weighted by Crippen LogP contribution is -1.89. The average molecular weight is 629 g/mol. The van der Waals surface area contributed by atoms with Gasteiger partial charge >= 0.3 is 5.30 Å². The summed E-state index contributed by atoms with van der Waals surface area (Å²) in [7, 11) is 0. The lowest BCUT2D eigenvalue weighted by Gasteiger charge is -2.05. The number of carbonyl (C=O) groups is 1. The standard InChI is InChI=1S/C14H22S6.C6H6S2.C3H4O2S/c15-4-6-17-8-10-19-13-2-1-3-14(12-13)20-11-9-18-7-5-16;7-5-2-1-3-6(8)4-5;4-3-5-1-2-6-3/h1-3,12,15-16H,4-11H2;1-4,7-8H;1-2H2. The molecule has 1 aliphatic heterocycles. The maximum atomic E-state index is 9.98. The molecule has 0 spiro atoms. The molecular weight excluding hydrogens is 597 g/mol. The van der Waals surface area contributed by atoms with E-state index >= 15 is 0 Å². The largest absolute Gasteiger partial charge is 0.457 e. The molecule has 2 aromatic carbocycles. The van der Waals surface area contributed by atoms with Crippen molar-refractivity contribution in [3.63, 3.8) is 0 Å². The molecule has 0 atom stereocenters. The molecule has 2 aromatic rings. The van der Waals surface area contributed by atoms with Crippen LogP contribution in [-0.4, -0.2) is 63.7 Å². The Bertz CT molecular complexity index is 738. The van der Waals surface area contributed by atoms with Gasteiger partial charge in [0.05, 0.1) is 0 Å². The fourth-order valence-electron chi connectivity index (χ4n) is 2.21. The normalized spacial score (nSPS) is 12.3. The van der Waals surface area contributed by atoms with Crippen molar-refractivity contribution in [2.24, 2.45) is 0 Å². The highest BCUT2D eigenvalue weighted by Crippen LogP contribution is 2.26. The number of cyclic esters (lactones) is 1. The number of thioether (sulfide) groups is 5. The third kappa shape index (κ3) is 19.2. The number of ether oxygens (including phenoxy) is 1. The number of hydrogen-bond donors (Lipinski definition) is 4. The Labute approximate surface area is 248 Å². The smallest absolute Gasteiger partial charge is 0.367 e. The molecule has 0 radical (unpaired) electrons. The minimum Gasteiger partial charge on any atom is -0.457 e. The van der Waals surface area contributed by atoms with Gasteiger partial charge in [-0.05, 0) is 59.7 Å². The van der Waals surface area contributed by atoms with Crippen LogP contribution in [0.5, 0.6) is 0 Å². The summed E-state index contributed by atoms with van der Waals surface area (Å²) in [5.74, 6) is 9.89. The molecule has 34 heavy (non-hydrogen) atoms. The summed E-state index contributed by atoms with van der Waals surface area (Å²) in [5.41, 5.74) is 0. The van der Waals surface area contributed by atoms with Crippen molar-refractivity contribution in [1.29, 1.82) is 0 Å². The summed E-state index contributed by atoms with van der Waals surface area (Å²) in [6.07, 6.45) is 0. The van der Waals surface area contributed by atoms with Crippen molar-refractivity contribution in [3.8, 4) is 0 Å². The topological polar surface area (TPSA) is 26.3 Å². The molecule has 11 heteroatoms. The molecule has 1 aliphatic rings. The molecule has 1 saturated heterocycles. The zero-order chi connectivity index (χ0) is 24.9. The quantitative estimate of drug-likeness (QED) is 0.0812. The highest BCUT2D eigenvalue weighted by atomic mass is 32.2. The first-order valence-electron chi connectivity index (χ1n) is 10.6. The molecule has 3 rings (SSSR count). The monoisotopic (exact) mass is 628 g/mol. The zero-order valence-corrected chi connectivity index (χ0v) is 26.5. The molecule has 190 valence electrons. The number of carbonyl (C=O) groups excluding carboxylic acids is 1. The second kappa shape index (κ2) is 23.2.